The Kier molecular flexibility index (Phi) is 4.56. The first-order valence-electron chi connectivity index (χ1n) is 6.71. The molecule has 2 rings (SSSR count). The first kappa shape index (κ1) is 14.0. The lowest BCUT2D eigenvalue weighted by molar-refractivity contribution is -0.142. The third-order valence-corrected chi connectivity index (χ3v) is 3.79. The van der Waals surface area contributed by atoms with E-state index in [1.54, 1.807) is 6.92 Å². The van der Waals surface area contributed by atoms with Crippen LogP contribution in [0.5, 0.6) is 0 Å². The number of aliphatic carboxylic acids is 1. The molecule has 0 aromatic heterocycles. The van der Waals surface area contributed by atoms with E-state index in [9.17, 15) is 4.79 Å². The summed E-state index contributed by atoms with van der Waals surface area (Å²) in [5.41, 5.74) is 1.21. The third kappa shape index (κ3) is 3.55. The number of carboxylic acids is 1. The first-order valence-corrected chi connectivity index (χ1v) is 6.71. The van der Waals surface area contributed by atoms with Crippen molar-refractivity contribution in [2.24, 2.45) is 0 Å². The number of ether oxygens (including phenoxy) is 1. The van der Waals surface area contributed by atoms with Crippen molar-refractivity contribution in [3.63, 3.8) is 0 Å². The normalized spacial score (nSPS) is 24.6. The molecule has 3 unspecified atom stereocenters. The number of carboxylic acid groups (broad SMARTS) is 1. The van der Waals surface area contributed by atoms with Crippen molar-refractivity contribution in [2.45, 2.75) is 38.0 Å². The van der Waals surface area contributed by atoms with E-state index in [1.165, 1.54) is 5.56 Å². The van der Waals surface area contributed by atoms with E-state index in [0.717, 1.165) is 12.8 Å². The van der Waals surface area contributed by atoms with Gasteiger partial charge in [-0.1, -0.05) is 30.3 Å². The number of benzene rings is 1. The summed E-state index contributed by atoms with van der Waals surface area (Å²) in [4.78, 5) is 12.8. The van der Waals surface area contributed by atoms with E-state index in [-0.39, 0.29) is 12.2 Å². The van der Waals surface area contributed by atoms with E-state index in [1.807, 2.05) is 30.1 Å². The second kappa shape index (κ2) is 6.17. The van der Waals surface area contributed by atoms with Gasteiger partial charge in [-0.05, 0) is 32.4 Å². The molecule has 1 aliphatic rings. The van der Waals surface area contributed by atoms with Gasteiger partial charge >= 0.3 is 5.97 Å². The summed E-state index contributed by atoms with van der Waals surface area (Å²) in [6, 6.07) is 9.72. The molecule has 1 aromatic carbocycles. The molecule has 0 aliphatic carbocycles. The highest BCUT2D eigenvalue weighted by atomic mass is 16.5. The second-order valence-corrected chi connectivity index (χ2v) is 5.19. The summed E-state index contributed by atoms with van der Waals surface area (Å²) in [7, 11) is 1.83. The summed E-state index contributed by atoms with van der Waals surface area (Å²) < 4.78 is 6.01. The summed E-state index contributed by atoms with van der Waals surface area (Å²) in [5, 5.41) is 8.97. The lowest BCUT2D eigenvalue weighted by Crippen LogP contribution is -2.40. The van der Waals surface area contributed by atoms with Crippen LogP contribution in [-0.2, 0) is 9.53 Å². The predicted octanol–water partition coefficient (Wildman–Crippen LogP) is 2.31. The van der Waals surface area contributed by atoms with E-state index < -0.39 is 12.0 Å². The second-order valence-electron chi connectivity index (χ2n) is 5.19. The van der Waals surface area contributed by atoms with E-state index in [2.05, 4.69) is 12.1 Å². The average Bonchev–Trinajstić information content (AvgIpc) is 2.87. The molecule has 1 aliphatic heterocycles. The quantitative estimate of drug-likeness (QED) is 0.885. The molecular formula is C15H21NO3. The Morgan fingerprint density at radius 1 is 1.42 bits per heavy atom. The molecule has 1 heterocycles. The molecule has 4 nitrogen and oxygen atoms in total. The minimum absolute atomic E-state index is 0.122. The van der Waals surface area contributed by atoms with Gasteiger partial charge in [0.15, 0.2) is 0 Å². The van der Waals surface area contributed by atoms with Gasteiger partial charge in [-0.3, -0.25) is 9.69 Å². The zero-order valence-electron chi connectivity index (χ0n) is 11.5. The lowest BCUT2D eigenvalue weighted by Gasteiger charge is -2.24. The first-order chi connectivity index (χ1) is 9.08. The van der Waals surface area contributed by atoms with Crippen LogP contribution < -0.4 is 0 Å². The van der Waals surface area contributed by atoms with Crippen LogP contribution >= 0.6 is 0 Å². The molecule has 0 bridgehead atoms. The number of hydrogen-bond donors (Lipinski definition) is 1. The van der Waals surface area contributed by atoms with Crippen LogP contribution in [0.25, 0.3) is 0 Å². The SMILES string of the molecule is CC(C(=O)O)N(C)CC1CCC(c2ccccc2)O1. The molecule has 19 heavy (non-hydrogen) atoms. The fourth-order valence-electron chi connectivity index (χ4n) is 2.42. The fraction of sp³-hybridized carbons (Fsp3) is 0.533. The van der Waals surface area contributed by atoms with Gasteiger partial charge in [0.25, 0.3) is 0 Å². The van der Waals surface area contributed by atoms with Crippen molar-refractivity contribution < 1.29 is 14.6 Å². The van der Waals surface area contributed by atoms with Crippen LogP contribution in [0.3, 0.4) is 0 Å². The number of likely N-dealkylation sites (N-methyl/N-ethyl adjacent to an activating group) is 1. The van der Waals surface area contributed by atoms with E-state index >= 15 is 0 Å². The van der Waals surface area contributed by atoms with Gasteiger partial charge in [0.05, 0.1) is 12.2 Å². The van der Waals surface area contributed by atoms with Gasteiger partial charge in [-0.2, -0.15) is 0 Å². The Morgan fingerprint density at radius 2 is 2.11 bits per heavy atom. The minimum Gasteiger partial charge on any atom is -0.480 e. The van der Waals surface area contributed by atoms with Crippen molar-refractivity contribution in [1.29, 1.82) is 0 Å². The molecule has 3 atom stereocenters. The minimum atomic E-state index is -0.792. The van der Waals surface area contributed by atoms with Crippen molar-refractivity contribution in [3.8, 4) is 0 Å². The van der Waals surface area contributed by atoms with Gasteiger partial charge in [0.1, 0.15) is 6.04 Å². The number of nitrogens with zero attached hydrogens (tertiary/aromatic N) is 1. The van der Waals surface area contributed by atoms with Gasteiger partial charge < -0.3 is 9.84 Å². The molecule has 0 amide bonds. The monoisotopic (exact) mass is 263 g/mol. The Labute approximate surface area is 114 Å². The van der Waals surface area contributed by atoms with E-state index in [0.29, 0.717) is 6.54 Å². The Hall–Kier alpha value is -1.39. The molecule has 1 saturated heterocycles. The molecular weight excluding hydrogens is 242 g/mol. The van der Waals surface area contributed by atoms with Crippen LogP contribution in [0.1, 0.15) is 31.4 Å². The highest BCUT2D eigenvalue weighted by molar-refractivity contribution is 5.72. The lowest BCUT2D eigenvalue weighted by atomic mass is 10.1. The maximum atomic E-state index is 10.9. The van der Waals surface area contributed by atoms with Gasteiger partial charge in [-0.15, -0.1) is 0 Å². The Balaban J connectivity index is 1.87. The summed E-state index contributed by atoms with van der Waals surface area (Å²) >= 11 is 0. The number of rotatable bonds is 5. The maximum Gasteiger partial charge on any atom is 0.320 e. The molecule has 0 radical (unpaired) electrons. The number of carbonyl (C=O) groups is 1. The van der Waals surface area contributed by atoms with Crippen molar-refractivity contribution >= 4 is 5.97 Å². The molecule has 1 N–H and O–H groups in total. The zero-order valence-corrected chi connectivity index (χ0v) is 11.5. The molecule has 0 saturated carbocycles. The van der Waals surface area contributed by atoms with Crippen LogP contribution in [0.4, 0.5) is 0 Å². The van der Waals surface area contributed by atoms with Crippen LogP contribution in [0, 0.1) is 0 Å². The highest BCUT2D eigenvalue weighted by Gasteiger charge is 2.29. The summed E-state index contributed by atoms with van der Waals surface area (Å²) in [6.07, 6.45) is 2.26. The maximum absolute atomic E-state index is 10.9. The smallest absolute Gasteiger partial charge is 0.320 e. The predicted molar refractivity (Wildman–Crippen MR) is 73.0 cm³/mol. The molecule has 104 valence electrons. The van der Waals surface area contributed by atoms with Crippen molar-refractivity contribution in [1.82, 2.24) is 4.90 Å². The highest BCUT2D eigenvalue weighted by Crippen LogP contribution is 2.32. The Morgan fingerprint density at radius 3 is 2.74 bits per heavy atom. The van der Waals surface area contributed by atoms with Crippen molar-refractivity contribution in [3.05, 3.63) is 35.9 Å². The van der Waals surface area contributed by atoms with E-state index in [4.69, 9.17) is 9.84 Å². The average molecular weight is 263 g/mol. The molecule has 4 heteroatoms. The number of hydrogen-bond acceptors (Lipinski definition) is 3. The fourth-order valence-corrected chi connectivity index (χ4v) is 2.42. The van der Waals surface area contributed by atoms with Crippen LogP contribution in [0.15, 0.2) is 30.3 Å². The summed E-state index contributed by atoms with van der Waals surface area (Å²) in [6.45, 7) is 2.36. The molecule has 1 fully saturated rings. The van der Waals surface area contributed by atoms with Gasteiger partial charge in [0.2, 0.25) is 0 Å². The van der Waals surface area contributed by atoms with Gasteiger partial charge in [-0.25, -0.2) is 0 Å². The Bertz CT molecular complexity index is 421. The molecule has 0 spiro atoms. The topological polar surface area (TPSA) is 49.8 Å². The third-order valence-electron chi connectivity index (χ3n) is 3.79. The van der Waals surface area contributed by atoms with Crippen LogP contribution in [-0.4, -0.2) is 41.7 Å². The zero-order chi connectivity index (χ0) is 13.8. The standard InChI is InChI=1S/C15H21NO3/c1-11(15(17)18)16(2)10-13-8-9-14(19-13)12-6-4-3-5-7-12/h3-7,11,13-14H,8-10H2,1-2H3,(H,17,18). The van der Waals surface area contributed by atoms with Gasteiger partial charge in [0, 0.05) is 6.54 Å². The van der Waals surface area contributed by atoms with Crippen molar-refractivity contribution in [2.75, 3.05) is 13.6 Å². The largest absolute Gasteiger partial charge is 0.480 e. The van der Waals surface area contributed by atoms with Crippen LogP contribution in [0.2, 0.25) is 0 Å². The summed E-state index contributed by atoms with van der Waals surface area (Å²) in [5.74, 6) is -0.792. The molecule has 1 aromatic rings.